The highest BCUT2D eigenvalue weighted by Crippen LogP contribution is 2.36. The van der Waals surface area contributed by atoms with Gasteiger partial charge in [0.1, 0.15) is 17.6 Å². The molecule has 0 aliphatic heterocycles. The normalized spacial score (nSPS) is 13.1. The number of rotatable bonds is 7. The first-order valence-corrected chi connectivity index (χ1v) is 12.5. The summed E-state index contributed by atoms with van der Waals surface area (Å²) < 4.78 is 12.1. The molecule has 2 aromatic rings. The summed E-state index contributed by atoms with van der Waals surface area (Å²) in [6.07, 6.45) is 2.81. The molecule has 0 unspecified atom stereocenters. The number of hydrogen-bond acceptors (Lipinski definition) is 6. The summed E-state index contributed by atoms with van der Waals surface area (Å²) >= 11 is 0. The fourth-order valence-corrected chi connectivity index (χ4v) is 3.32. The van der Waals surface area contributed by atoms with E-state index < -0.39 is 14.2 Å². The average Bonchev–Trinajstić information content (AvgIpc) is 2.60. The maximum Gasteiger partial charge on any atom is 0.257 e. The quantitative estimate of drug-likeness (QED) is 0.643. The van der Waals surface area contributed by atoms with Crippen molar-refractivity contribution in [2.45, 2.75) is 58.9 Å². The molecule has 158 valence electrons. The van der Waals surface area contributed by atoms with Crippen molar-refractivity contribution in [1.82, 2.24) is 9.97 Å². The van der Waals surface area contributed by atoms with Gasteiger partial charge in [0.15, 0.2) is 14.1 Å². The minimum atomic E-state index is -1.88. The number of phenolic OH excluding ortho intramolecular Hbond substituents is 1. The predicted octanol–water partition coefficient (Wildman–Crippen LogP) is 4.53. The Morgan fingerprint density at radius 1 is 1.21 bits per heavy atom. The molecule has 7 nitrogen and oxygen atoms in total. The van der Waals surface area contributed by atoms with Crippen molar-refractivity contribution >= 4 is 20.0 Å². The third-order valence-electron chi connectivity index (χ3n) is 5.00. The summed E-state index contributed by atoms with van der Waals surface area (Å²) in [4.78, 5) is 20.7. The summed E-state index contributed by atoms with van der Waals surface area (Å²) in [5.74, 6) is 0.272. The van der Waals surface area contributed by atoms with Gasteiger partial charge in [-0.15, -0.1) is 0 Å². The molecular formula is C21H31N3O4Si. The molecule has 2 rings (SSSR count). The van der Waals surface area contributed by atoms with Gasteiger partial charge in [0.05, 0.1) is 24.7 Å². The molecule has 0 aliphatic carbocycles. The van der Waals surface area contributed by atoms with Crippen LogP contribution in [0.3, 0.4) is 0 Å². The number of aryl methyl sites for hydroxylation is 1. The SMILES string of the molecule is Cc1cnc(NC(=O)c2cc(O)cc(O[C@@H](C)CO[Si](C)(C)C(C)(C)C)c2)cn1. The average molecular weight is 418 g/mol. The molecule has 0 saturated carbocycles. The maximum atomic E-state index is 12.5. The Morgan fingerprint density at radius 2 is 1.90 bits per heavy atom. The summed E-state index contributed by atoms with van der Waals surface area (Å²) in [6, 6.07) is 4.44. The summed E-state index contributed by atoms with van der Waals surface area (Å²) in [7, 11) is -1.88. The molecule has 0 radical (unpaired) electrons. The van der Waals surface area contributed by atoms with Crippen molar-refractivity contribution in [3.8, 4) is 11.5 Å². The molecule has 1 heterocycles. The first kappa shape index (κ1) is 22.8. The second-order valence-corrected chi connectivity index (χ2v) is 13.5. The third kappa shape index (κ3) is 6.54. The van der Waals surface area contributed by atoms with E-state index in [1.165, 1.54) is 18.3 Å². The van der Waals surface area contributed by atoms with Crippen molar-refractivity contribution < 1.29 is 19.1 Å². The van der Waals surface area contributed by atoms with E-state index in [0.29, 0.717) is 18.2 Å². The fraction of sp³-hybridized carbons (Fsp3) is 0.476. The van der Waals surface area contributed by atoms with Gasteiger partial charge in [0.2, 0.25) is 0 Å². The third-order valence-corrected chi connectivity index (χ3v) is 9.50. The molecule has 0 bridgehead atoms. The number of phenols is 1. The van der Waals surface area contributed by atoms with Gasteiger partial charge in [-0.3, -0.25) is 9.78 Å². The topological polar surface area (TPSA) is 93.6 Å². The standard InChI is InChI=1S/C21H31N3O4Si/c1-14-11-23-19(12-22-14)24-20(26)16-8-17(25)10-18(9-16)28-15(2)13-27-29(6,7)21(3,4)5/h8-12,15,25H,13H2,1-7H3,(H,23,24,26)/t15-/m0/s1. The van der Waals surface area contributed by atoms with Crippen LogP contribution in [0.4, 0.5) is 5.82 Å². The number of amides is 1. The molecule has 0 fully saturated rings. The predicted molar refractivity (Wildman–Crippen MR) is 116 cm³/mol. The van der Waals surface area contributed by atoms with Crippen molar-refractivity contribution in [1.29, 1.82) is 0 Å². The zero-order valence-electron chi connectivity index (χ0n) is 18.2. The molecule has 8 heteroatoms. The van der Waals surface area contributed by atoms with Crippen LogP contribution in [0.15, 0.2) is 30.6 Å². The largest absolute Gasteiger partial charge is 0.508 e. The summed E-state index contributed by atoms with van der Waals surface area (Å²) in [5.41, 5.74) is 1.02. The van der Waals surface area contributed by atoms with Crippen LogP contribution in [0.25, 0.3) is 0 Å². The van der Waals surface area contributed by atoms with Gasteiger partial charge in [-0.05, 0) is 44.1 Å². The highest BCUT2D eigenvalue weighted by atomic mass is 28.4. The van der Waals surface area contributed by atoms with Crippen molar-refractivity contribution in [2.24, 2.45) is 0 Å². The minimum Gasteiger partial charge on any atom is -0.508 e. The molecular weight excluding hydrogens is 386 g/mol. The number of anilines is 1. The van der Waals surface area contributed by atoms with Crippen LogP contribution in [0.1, 0.15) is 43.7 Å². The number of aromatic nitrogens is 2. The molecule has 1 atom stereocenters. The number of nitrogens with zero attached hydrogens (tertiary/aromatic N) is 2. The first-order valence-electron chi connectivity index (χ1n) is 9.62. The minimum absolute atomic E-state index is 0.0554. The van der Waals surface area contributed by atoms with Gasteiger partial charge in [0, 0.05) is 11.6 Å². The molecule has 1 amide bonds. The number of benzene rings is 1. The fourth-order valence-electron chi connectivity index (χ4n) is 2.24. The van der Waals surface area contributed by atoms with Gasteiger partial charge < -0.3 is 19.6 Å². The number of hydrogen-bond donors (Lipinski definition) is 2. The Morgan fingerprint density at radius 3 is 2.48 bits per heavy atom. The molecule has 29 heavy (non-hydrogen) atoms. The Balaban J connectivity index is 2.04. The van der Waals surface area contributed by atoms with Gasteiger partial charge in [-0.2, -0.15) is 0 Å². The highest BCUT2D eigenvalue weighted by Gasteiger charge is 2.37. The molecule has 0 spiro atoms. The van der Waals surface area contributed by atoms with Gasteiger partial charge >= 0.3 is 0 Å². The second-order valence-electron chi connectivity index (χ2n) is 8.71. The van der Waals surface area contributed by atoms with E-state index >= 15 is 0 Å². The van der Waals surface area contributed by atoms with Gasteiger partial charge in [-0.1, -0.05) is 20.8 Å². The molecule has 2 N–H and O–H groups in total. The van der Waals surface area contributed by atoms with E-state index in [9.17, 15) is 9.90 Å². The number of nitrogens with one attached hydrogen (secondary N) is 1. The van der Waals surface area contributed by atoms with E-state index in [4.69, 9.17) is 9.16 Å². The Kier molecular flexibility index (Phi) is 7.02. The number of carbonyl (C=O) groups excluding carboxylic acids is 1. The lowest BCUT2D eigenvalue weighted by molar-refractivity contribution is 0.102. The lowest BCUT2D eigenvalue weighted by Crippen LogP contribution is -2.43. The first-order chi connectivity index (χ1) is 13.4. The molecule has 0 aliphatic rings. The zero-order chi connectivity index (χ0) is 21.8. The van der Waals surface area contributed by atoms with E-state index in [2.05, 4.69) is 49.1 Å². The molecule has 1 aromatic carbocycles. The van der Waals surface area contributed by atoms with Crippen LogP contribution in [0, 0.1) is 6.92 Å². The highest BCUT2D eigenvalue weighted by molar-refractivity contribution is 6.74. The number of carbonyl (C=O) groups is 1. The second kappa shape index (κ2) is 8.92. The van der Waals surface area contributed by atoms with Crippen LogP contribution < -0.4 is 10.1 Å². The Labute approximate surface area is 173 Å². The van der Waals surface area contributed by atoms with Crippen LogP contribution in [-0.4, -0.2) is 42.0 Å². The van der Waals surface area contributed by atoms with Crippen LogP contribution in [0.2, 0.25) is 18.1 Å². The number of ether oxygens (including phenoxy) is 1. The maximum absolute atomic E-state index is 12.5. The molecule has 1 aromatic heterocycles. The zero-order valence-corrected chi connectivity index (χ0v) is 19.2. The van der Waals surface area contributed by atoms with E-state index in [-0.39, 0.29) is 22.5 Å². The van der Waals surface area contributed by atoms with Crippen molar-refractivity contribution in [3.63, 3.8) is 0 Å². The summed E-state index contributed by atoms with van der Waals surface area (Å²) in [6.45, 7) is 15.1. The lowest BCUT2D eigenvalue weighted by atomic mass is 10.2. The van der Waals surface area contributed by atoms with E-state index in [1.807, 2.05) is 13.8 Å². The van der Waals surface area contributed by atoms with Gasteiger partial charge in [-0.25, -0.2) is 4.98 Å². The smallest absolute Gasteiger partial charge is 0.257 e. The van der Waals surface area contributed by atoms with E-state index in [1.54, 1.807) is 12.3 Å². The van der Waals surface area contributed by atoms with Crippen LogP contribution in [-0.2, 0) is 4.43 Å². The van der Waals surface area contributed by atoms with Crippen molar-refractivity contribution in [3.05, 3.63) is 41.9 Å². The number of aromatic hydroxyl groups is 1. The summed E-state index contributed by atoms with van der Waals surface area (Å²) in [5, 5.41) is 12.8. The van der Waals surface area contributed by atoms with E-state index in [0.717, 1.165) is 5.69 Å². The van der Waals surface area contributed by atoms with Crippen molar-refractivity contribution in [2.75, 3.05) is 11.9 Å². The lowest BCUT2D eigenvalue weighted by Gasteiger charge is -2.36. The Bertz CT molecular complexity index is 848. The van der Waals surface area contributed by atoms with Crippen LogP contribution in [0.5, 0.6) is 11.5 Å². The Hall–Kier alpha value is -2.45. The monoisotopic (exact) mass is 417 g/mol. The molecule has 0 saturated heterocycles. The van der Waals surface area contributed by atoms with Gasteiger partial charge in [0.25, 0.3) is 5.91 Å². The van der Waals surface area contributed by atoms with Crippen LogP contribution >= 0.6 is 0 Å².